The summed E-state index contributed by atoms with van der Waals surface area (Å²) in [4.78, 5) is 14.2. The molecule has 7 nitrogen and oxygen atoms in total. The molecule has 0 aliphatic heterocycles. The predicted molar refractivity (Wildman–Crippen MR) is 79.2 cm³/mol. The first-order valence-corrected chi connectivity index (χ1v) is 6.80. The van der Waals surface area contributed by atoms with Crippen molar-refractivity contribution in [1.29, 1.82) is 0 Å². The Morgan fingerprint density at radius 3 is 2.35 bits per heavy atom. The first kappa shape index (κ1) is 16.3. The normalized spacial score (nSPS) is 11.2. The van der Waals surface area contributed by atoms with Crippen molar-refractivity contribution in [2.24, 2.45) is 5.84 Å². The van der Waals surface area contributed by atoms with E-state index < -0.39 is 0 Å². The van der Waals surface area contributed by atoms with Crippen LogP contribution in [-0.2, 0) is 0 Å². The van der Waals surface area contributed by atoms with Crippen molar-refractivity contribution in [1.82, 2.24) is 20.4 Å². The van der Waals surface area contributed by atoms with Gasteiger partial charge in [0, 0.05) is 25.2 Å². The molecule has 0 radical (unpaired) electrons. The Morgan fingerprint density at radius 2 is 1.90 bits per heavy atom. The number of hydrogen-bond donors (Lipinski definition) is 3. The Morgan fingerprint density at radius 1 is 1.25 bits per heavy atom. The smallest absolute Gasteiger partial charge is 0.271 e. The molecule has 0 fully saturated rings. The lowest BCUT2D eigenvalue weighted by Gasteiger charge is -2.30. The zero-order valence-corrected chi connectivity index (χ0v) is 12.6. The van der Waals surface area contributed by atoms with E-state index in [1.165, 1.54) is 0 Å². The van der Waals surface area contributed by atoms with Gasteiger partial charge >= 0.3 is 0 Å². The molecule has 1 aromatic heterocycles. The van der Waals surface area contributed by atoms with Crippen LogP contribution in [0, 0.1) is 0 Å². The zero-order chi connectivity index (χ0) is 15.1. The maximum Gasteiger partial charge on any atom is 0.271 e. The summed E-state index contributed by atoms with van der Waals surface area (Å²) in [6.07, 6.45) is 0. The van der Waals surface area contributed by atoms with E-state index in [2.05, 4.69) is 53.5 Å². The van der Waals surface area contributed by atoms with Gasteiger partial charge in [0.2, 0.25) is 0 Å². The molecule has 20 heavy (non-hydrogen) atoms. The molecule has 112 valence electrons. The molecular weight excluding hydrogens is 256 g/mol. The van der Waals surface area contributed by atoms with E-state index in [0.29, 0.717) is 24.4 Å². The van der Waals surface area contributed by atoms with Gasteiger partial charge in [-0.2, -0.15) is 0 Å². The van der Waals surface area contributed by atoms with Gasteiger partial charge in [0.15, 0.2) is 11.5 Å². The Bertz CT molecular complexity index is 409. The fraction of sp³-hybridized carbons (Fsp3) is 0.615. The number of amides is 1. The van der Waals surface area contributed by atoms with Crippen LogP contribution in [0.4, 0.5) is 5.82 Å². The standard InChI is InChI=1S/C13H24N6O/c1-9(2)19(10(3)4)8-7-15-13(20)11-5-6-12(16-14)18-17-11/h5-6,9-10H,7-8,14H2,1-4H3,(H,15,20)(H,16,18). The lowest BCUT2D eigenvalue weighted by atomic mass is 10.2. The molecule has 1 heterocycles. The van der Waals surface area contributed by atoms with Crippen molar-refractivity contribution in [2.75, 3.05) is 18.5 Å². The number of nitrogens with one attached hydrogen (secondary N) is 2. The first-order chi connectivity index (χ1) is 9.45. The van der Waals surface area contributed by atoms with Gasteiger partial charge in [0.25, 0.3) is 5.91 Å². The number of nitrogens with two attached hydrogens (primary N) is 1. The van der Waals surface area contributed by atoms with Crippen LogP contribution >= 0.6 is 0 Å². The van der Waals surface area contributed by atoms with Crippen molar-refractivity contribution in [3.05, 3.63) is 17.8 Å². The molecule has 1 amide bonds. The summed E-state index contributed by atoms with van der Waals surface area (Å²) in [5.74, 6) is 5.38. The maximum absolute atomic E-state index is 11.9. The highest BCUT2D eigenvalue weighted by molar-refractivity contribution is 5.92. The van der Waals surface area contributed by atoms with E-state index in [9.17, 15) is 4.79 Å². The van der Waals surface area contributed by atoms with E-state index >= 15 is 0 Å². The summed E-state index contributed by atoms with van der Waals surface area (Å²) in [7, 11) is 0. The molecule has 0 spiro atoms. The number of nitrogen functional groups attached to an aromatic ring is 1. The lowest BCUT2D eigenvalue weighted by Crippen LogP contribution is -2.42. The predicted octanol–water partition coefficient (Wildman–Crippen LogP) is 0.611. The molecule has 0 aliphatic rings. The van der Waals surface area contributed by atoms with Crippen molar-refractivity contribution >= 4 is 11.7 Å². The van der Waals surface area contributed by atoms with E-state index in [-0.39, 0.29) is 11.6 Å². The Kier molecular flexibility index (Phi) is 6.33. The van der Waals surface area contributed by atoms with E-state index in [4.69, 9.17) is 5.84 Å². The molecule has 0 unspecified atom stereocenters. The first-order valence-electron chi connectivity index (χ1n) is 6.80. The third-order valence-electron chi connectivity index (χ3n) is 3.03. The maximum atomic E-state index is 11.9. The molecule has 0 saturated carbocycles. The number of nitrogens with zero attached hydrogens (tertiary/aromatic N) is 3. The molecule has 0 aromatic carbocycles. The summed E-state index contributed by atoms with van der Waals surface area (Å²) in [6, 6.07) is 4.08. The fourth-order valence-electron chi connectivity index (χ4n) is 2.03. The number of anilines is 1. The van der Waals surface area contributed by atoms with Crippen LogP contribution < -0.4 is 16.6 Å². The zero-order valence-electron chi connectivity index (χ0n) is 12.6. The summed E-state index contributed by atoms with van der Waals surface area (Å²) in [6.45, 7) is 9.96. The summed E-state index contributed by atoms with van der Waals surface area (Å²) < 4.78 is 0. The molecule has 1 aromatic rings. The molecular formula is C13H24N6O. The lowest BCUT2D eigenvalue weighted by molar-refractivity contribution is 0.0933. The van der Waals surface area contributed by atoms with Crippen LogP contribution in [0.3, 0.4) is 0 Å². The highest BCUT2D eigenvalue weighted by atomic mass is 16.1. The van der Waals surface area contributed by atoms with Gasteiger partial charge in [0.1, 0.15) is 0 Å². The van der Waals surface area contributed by atoms with Gasteiger partial charge in [-0.25, -0.2) is 5.84 Å². The van der Waals surface area contributed by atoms with Crippen LogP contribution in [0.1, 0.15) is 38.2 Å². The number of carbonyl (C=O) groups is 1. The average molecular weight is 280 g/mol. The number of carbonyl (C=O) groups excluding carboxylic acids is 1. The summed E-state index contributed by atoms with van der Waals surface area (Å²) in [5.41, 5.74) is 2.65. The second-order valence-corrected chi connectivity index (χ2v) is 5.13. The quantitative estimate of drug-likeness (QED) is 0.500. The highest BCUT2D eigenvalue weighted by Crippen LogP contribution is 2.04. The minimum absolute atomic E-state index is 0.228. The molecule has 1 rings (SSSR count). The molecule has 0 atom stereocenters. The van der Waals surface area contributed by atoms with Gasteiger partial charge in [0.05, 0.1) is 0 Å². The molecule has 0 aliphatic carbocycles. The topological polar surface area (TPSA) is 96.2 Å². The van der Waals surface area contributed by atoms with Crippen LogP contribution in [0.5, 0.6) is 0 Å². The van der Waals surface area contributed by atoms with E-state index in [1.807, 2.05) is 0 Å². The largest absolute Gasteiger partial charge is 0.349 e. The Hall–Kier alpha value is -1.73. The van der Waals surface area contributed by atoms with Crippen LogP contribution in [-0.4, -0.2) is 46.2 Å². The van der Waals surface area contributed by atoms with Crippen LogP contribution in [0.15, 0.2) is 12.1 Å². The third kappa shape index (κ3) is 4.75. The highest BCUT2D eigenvalue weighted by Gasteiger charge is 2.14. The van der Waals surface area contributed by atoms with Gasteiger partial charge in [-0.1, -0.05) is 0 Å². The summed E-state index contributed by atoms with van der Waals surface area (Å²) in [5, 5.41) is 10.4. The Balaban J connectivity index is 2.46. The SMILES string of the molecule is CC(C)N(CCNC(=O)c1ccc(NN)nn1)C(C)C. The number of hydrazine groups is 1. The second kappa shape index (κ2) is 7.76. The van der Waals surface area contributed by atoms with Crippen molar-refractivity contribution in [2.45, 2.75) is 39.8 Å². The molecule has 0 saturated heterocycles. The van der Waals surface area contributed by atoms with Crippen LogP contribution in [0.2, 0.25) is 0 Å². The molecule has 0 bridgehead atoms. The second-order valence-electron chi connectivity index (χ2n) is 5.13. The number of hydrogen-bond acceptors (Lipinski definition) is 6. The van der Waals surface area contributed by atoms with Crippen molar-refractivity contribution in [3.63, 3.8) is 0 Å². The van der Waals surface area contributed by atoms with Gasteiger partial charge < -0.3 is 10.7 Å². The number of rotatable bonds is 7. The average Bonchev–Trinajstić information content (AvgIpc) is 2.42. The minimum Gasteiger partial charge on any atom is -0.349 e. The monoisotopic (exact) mass is 280 g/mol. The van der Waals surface area contributed by atoms with Gasteiger partial charge in [-0.05, 0) is 39.8 Å². The Labute approximate surface area is 119 Å². The van der Waals surface area contributed by atoms with Crippen molar-refractivity contribution < 1.29 is 4.79 Å². The van der Waals surface area contributed by atoms with Gasteiger partial charge in [-0.15, -0.1) is 10.2 Å². The van der Waals surface area contributed by atoms with E-state index in [1.54, 1.807) is 12.1 Å². The van der Waals surface area contributed by atoms with Gasteiger partial charge in [-0.3, -0.25) is 9.69 Å². The third-order valence-corrected chi connectivity index (χ3v) is 3.03. The van der Waals surface area contributed by atoms with Crippen LogP contribution in [0.25, 0.3) is 0 Å². The fourth-order valence-corrected chi connectivity index (χ4v) is 2.03. The number of aromatic nitrogens is 2. The summed E-state index contributed by atoms with van der Waals surface area (Å²) >= 11 is 0. The van der Waals surface area contributed by atoms with Crippen molar-refractivity contribution in [3.8, 4) is 0 Å². The minimum atomic E-state index is -0.228. The van der Waals surface area contributed by atoms with E-state index in [0.717, 1.165) is 6.54 Å². The molecule has 7 heteroatoms. The molecule has 4 N–H and O–H groups in total.